The van der Waals surface area contributed by atoms with Gasteiger partial charge in [-0.3, -0.25) is 4.79 Å². The quantitative estimate of drug-likeness (QED) is 0.170. The molecule has 0 saturated heterocycles. The molecular weight excluding hydrogens is 484 g/mol. The van der Waals surface area contributed by atoms with Gasteiger partial charge >= 0.3 is 6.09 Å². The number of hydrogen-bond acceptors (Lipinski definition) is 6. The molecule has 1 unspecified atom stereocenters. The molecule has 0 fully saturated rings. The molecule has 31 heavy (non-hydrogen) atoms. The van der Waals surface area contributed by atoms with Gasteiger partial charge in [0.2, 0.25) is 0 Å². The minimum atomic E-state index is -1.19. The summed E-state index contributed by atoms with van der Waals surface area (Å²) in [6, 6.07) is 2.03. The van der Waals surface area contributed by atoms with Crippen LogP contribution in [0.15, 0.2) is 39.8 Å². The molecule has 2 aromatic heterocycles. The fourth-order valence-electron chi connectivity index (χ4n) is 2.75. The van der Waals surface area contributed by atoms with E-state index in [1.165, 1.54) is 12.3 Å². The Hall–Kier alpha value is -2.24. The summed E-state index contributed by atoms with van der Waals surface area (Å²) in [5.74, 6) is 0.458. The molecule has 2 aromatic rings. The zero-order chi connectivity index (χ0) is 22.9. The van der Waals surface area contributed by atoms with E-state index in [2.05, 4.69) is 55.6 Å². The van der Waals surface area contributed by atoms with E-state index in [1.54, 1.807) is 10.8 Å². The molecule has 170 valence electrons. The molecule has 2 rings (SSSR count). The molecule has 0 aliphatic carbocycles. The average molecular weight is 513 g/mol. The number of aromatic nitrogens is 3. The van der Waals surface area contributed by atoms with Gasteiger partial charge < -0.3 is 24.3 Å². The first-order chi connectivity index (χ1) is 14.7. The summed E-state index contributed by atoms with van der Waals surface area (Å²) in [5.41, 5.74) is 0.305. The summed E-state index contributed by atoms with van der Waals surface area (Å²) in [6.45, 7) is 7.81. The molecule has 0 radical (unpaired) electrons. The number of rotatable bonds is 13. The largest absolute Gasteiger partial charge is 0.465 e. The molecule has 0 aromatic carbocycles. The van der Waals surface area contributed by atoms with Crippen molar-refractivity contribution in [2.24, 2.45) is 0 Å². The fraction of sp³-hybridized carbons (Fsp3) is 0.500. The van der Waals surface area contributed by atoms with E-state index in [4.69, 9.17) is 4.74 Å². The number of ketones is 1. The van der Waals surface area contributed by atoms with Crippen molar-refractivity contribution in [2.75, 3.05) is 6.61 Å². The van der Waals surface area contributed by atoms with Crippen LogP contribution in [0.3, 0.4) is 0 Å². The van der Waals surface area contributed by atoms with Gasteiger partial charge in [-0.05, 0) is 34.8 Å². The second-order valence-electron chi connectivity index (χ2n) is 8.30. The number of hydrogen-bond donors (Lipinski definition) is 2. The molecule has 0 aliphatic heterocycles. The number of allylic oxidation sites excluding steroid dienone is 1. The van der Waals surface area contributed by atoms with Crippen LogP contribution in [0, 0.1) is 0 Å². The molecule has 0 bridgehead atoms. The standard InChI is InChI=1S/C20H29BrN4O5Si/c1-31(2,3)12-11-29-14-25-13-18(21)23-19(25)16(22-20(27)28)7-5-4-6-8-17(26)15-9-10-30-24-15/h4-5,9-10,13,16,22H,6-8,11-12,14H2,1-3H3,(H,27,28)/b5-4+. The molecule has 2 N–H and O–H groups in total. The summed E-state index contributed by atoms with van der Waals surface area (Å²) < 4.78 is 12.9. The van der Waals surface area contributed by atoms with Gasteiger partial charge in [0.15, 0.2) is 5.78 Å². The van der Waals surface area contributed by atoms with E-state index in [0.29, 0.717) is 48.7 Å². The van der Waals surface area contributed by atoms with Gasteiger partial charge in [0, 0.05) is 33.4 Å². The van der Waals surface area contributed by atoms with Gasteiger partial charge in [0.05, 0.1) is 6.04 Å². The fourth-order valence-corrected chi connectivity index (χ4v) is 3.93. The third kappa shape index (κ3) is 9.19. The highest BCUT2D eigenvalue weighted by Crippen LogP contribution is 2.21. The Bertz CT molecular complexity index is 877. The normalized spacial score (nSPS) is 12.9. The first-order valence-corrected chi connectivity index (χ1v) is 14.5. The predicted molar refractivity (Wildman–Crippen MR) is 122 cm³/mol. The molecule has 0 aliphatic rings. The van der Waals surface area contributed by atoms with Crippen molar-refractivity contribution in [3.8, 4) is 0 Å². The van der Waals surface area contributed by atoms with E-state index < -0.39 is 20.2 Å². The van der Waals surface area contributed by atoms with E-state index in [1.807, 2.05) is 12.2 Å². The predicted octanol–water partition coefficient (Wildman–Crippen LogP) is 4.86. The lowest BCUT2D eigenvalue weighted by atomic mass is 10.1. The van der Waals surface area contributed by atoms with Crippen LogP contribution in [0.5, 0.6) is 0 Å². The maximum atomic E-state index is 11.9. The monoisotopic (exact) mass is 512 g/mol. The van der Waals surface area contributed by atoms with Crippen molar-refractivity contribution in [1.29, 1.82) is 0 Å². The number of carbonyl (C=O) groups excluding carboxylic acids is 1. The van der Waals surface area contributed by atoms with Gasteiger partial charge in [0.1, 0.15) is 29.1 Å². The molecule has 0 spiro atoms. The average Bonchev–Trinajstić information content (AvgIpc) is 3.32. The summed E-state index contributed by atoms with van der Waals surface area (Å²) in [6.07, 6.45) is 6.90. The minimum Gasteiger partial charge on any atom is -0.465 e. The number of imidazole rings is 1. The Morgan fingerprint density at radius 3 is 2.81 bits per heavy atom. The second kappa shape index (κ2) is 12.0. The van der Waals surface area contributed by atoms with Crippen LogP contribution in [0.4, 0.5) is 4.79 Å². The van der Waals surface area contributed by atoms with Gasteiger partial charge in [-0.15, -0.1) is 0 Å². The Morgan fingerprint density at radius 2 is 2.16 bits per heavy atom. The van der Waals surface area contributed by atoms with Crippen molar-refractivity contribution in [2.45, 2.75) is 57.7 Å². The molecule has 1 atom stereocenters. The maximum Gasteiger partial charge on any atom is 0.405 e. The van der Waals surface area contributed by atoms with Crippen molar-refractivity contribution in [1.82, 2.24) is 20.0 Å². The Morgan fingerprint density at radius 1 is 1.39 bits per heavy atom. The molecule has 9 nitrogen and oxygen atoms in total. The Balaban J connectivity index is 1.95. The van der Waals surface area contributed by atoms with Crippen LogP contribution < -0.4 is 5.32 Å². The van der Waals surface area contributed by atoms with E-state index in [0.717, 1.165) is 6.04 Å². The number of Topliss-reactive ketones (excluding diaryl/α,β-unsaturated/α-hetero) is 1. The van der Waals surface area contributed by atoms with Crippen LogP contribution in [0.1, 0.15) is 41.6 Å². The number of nitrogens with zero attached hydrogens (tertiary/aromatic N) is 3. The van der Waals surface area contributed by atoms with Crippen LogP contribution in [-0.2, 0) is 11.5 Å². The number of ether oxygens (including phenoxy) is 1. The number of amides is 1. The maximum absolute atomic E-state index is 11.9. The third-order valence-electron chi connectivity index (χ3n) is 4.41. The SMILES string of the molecule is C[Si](C)(C)CCOCn1cc(Br)nc1C(C/C=C/CCC(=O)c1ccon1)NC(=O)O. The lowest BCUT2D eigenvalue weighted by Crippen LogP contribution is -2.29. The van der Waals surface area contributed by atoms with Crippen molar-refractivity contribution < 1.29 is 24.0 Å². The smallest absolute Gasteiger partial charge is 0.405 e. The molecule has 1 amide bonds. The Labute approximate surface area is 191 Å². The van der Waals surface area contributed by atoms with Gasteiger partial charge in [-0.1, -0.05) is 36.9 Å². The summed E-state index contributed by atoms with van der Waals surface area (Å²) in [5, 5.41) is 15.4. The van der Waals surface area contributed by atoms with E-state index >= 15 is 0 Å². The van der Waals surface area contributed by atoms with E-state index in [9.17, 15) is 14.7 Å². The molecule has 11 heteroatoms. The first-order valence-electron chi connectivity index (χ1n) is 10.0. The number of carbonyl (C=O) groups is 2. The summed E-state index contributed by atoms with van der Waals surface area (Å²) in [4.78, 5) is 27.7. The minimum absolute atomic E-state index is 0.103. The Kier molecular flexibility index (Phi) is 9.66. The van der Waals surface area contributed by atoms with Crippen molar-refractivity contribution >= 4 is 35.9 Å². The van der Waals surface area contributed by atoms with Crippen LogP contribution in [-0.4, -0.2) is 46.4 Å². The number of nitrogens with one attached hydrogen (secondary N) is 1. The zero-order valence-electron chi connectivity index (χ0n) is 18.0. The van der Waals surface area contributed by atoms with E-state index in [-0.39, 0.29) is 5.78 Å². The summed E-state index contributed by atoms with van der Waals surface area (Å²) >= 11 is 3.36. The van der Waals surface area contributed by atoms with Crippen LogP contribution in [0.25, 0.3) is 0 Å². The summed E-state index contributed by atoms with van der Waals surface area (Å²) in [7, 11) is -1.19. The highest BCUT2D eigenvalue weighted by molar-refractivity contribution is 9.10. The third-order valence-corrected chi connectivity index (χ3v) is 6.50. The van der Waals surface area contributed by atoms with Crippen molar-refractivity contribution in [3.05, 3.63) is 46.8 Å². The highest BCUT2D eigenvalue weighted by atomic mass is 79.9. The highest BCUT2D eigenvalue weighted by Gasteiger charge is 2.20. The lowest BCUT2D eigenvalue weighted by molar-refractivity contribution is 0.0836. The zero-order valence-corrected chi connectivity index (χ0v) is 20.6. The molecule has 0 saturated carbocycles. The number of carboxylic acid groups (broad SMARTS) is 1. The van der Waals surface area contributed by atoms with Gasteiger partial charge in [-0.2, -0.15) is 0 Å². The molecule has 2 heterocycles. The molecular formula is C20H29BrN4O5Si. The lowest BCUT2D eigenvalue weighted by Gasteiger charge is -2.18. The van der Waals surface area contributed by atoms with Gasteiger partial charge in [0.25, 0.3) is 0 Å². The van der Waals surface area contributed by atoms with Gasteiger partial charge in [-0.25, -0.2) is 9.78 Å². The number of halogens is 1. The topological polar surface area (TPSA) is 119 Å². The van der Waals surface area contributed by atoms with Crippen LogP contribution in [0.2, 0.25) is 25.7 Å². The van der Waals surface area contributed by atoms with Crippen LogP contribution >= 0.6 is 15.9 Å². The first kappa shape index (κ1) is 25.0. The second-order valence-corrected chi connectivity index (χ2v) is 14.7. The van der Waals surface area contributed by atoms with Crippen molar-refractivity contribution in [3.63, 3.8) is 0 Å².